The molecule has 0 aromatic heterocycles. The average molecular weight is 343 g/mol. The van der Waals surface area contributed by atoms with E-state index in [4.69, 9.17) is 8.42 Å². The van der Waals surface area contributed by atoms with Crippen molar-refractivity contribution in [1.29, 1.82) is 0 Å². The summed E-state index contributed by atoms with van der Waals surface area (Å²) < 4.78 is 18.3. The number of halogens is 2. The van der Waals surface area contributed by atoms with Crippen LogP contribution in [0.1, 0.15) is 11.1 Å². The third kappa shape index (κ3) is 14.7. The first-order valence-corrected chi connectivity index (χ1v) is 8.99. The molecule has 5 heteroatoms. The summed E-state index contributed by atoms with van der Waals surface area (Å²) in [7, 11) is 4.81. The van der Waals surface area contributed by atoms with Crippen molar-refractivity contribution in [1.82, 2.24) is 0 Å². The molecule has 0 unspecified atom stereocenters. The molecule has 0 aliphatic rings. The summed E-state index contributed by atoms with van der Waals surface area (Å²) in [5.41, 5.74) is 2.35. The van der Waals surface area contributed by atoms with Crippen LogP contribution in [0.3, 0.4) is 0 Å². The van der Waals surface area contributed by atoms with Gasteiger partial charge in [-0.3, -0.25) is 0 Å². The van der Waals surface area contributed by atoms with Gasteiger partial charge in [0.15, 0.2) is 0 Å². The minimum Gasteiger partial charge on any atom is -0.195 e. The topological polar surface area (TPSA) is 34.1 Å². The Bertz CT molecular complexity index is 572. The van der Waals surface area contributed by atoms with E-state index in [9.17, 15) is 0 Å². The molecule has 2 aromatic carbocycles. The SMILES string of the molecule is C=Cc1ccccc1.C=Cc1ccccc1.O=S(=O)(Cl)Cl. The summed E-state index contributed by atoms with van der Waals surface area (Å²) in [6.07, 6.45) is 3.67. The summed E-state index contributed by atoms with van der Waals surface area (Å²) in [5.74, 6) is 0. The Morgan fingerprint density at radius 3 is 1.10 bits per heavy atom. The molecule has 0 aliphatic carbocycles. The Labute approximate surface area is 135 Å². The van der Waals surface area contributed by atoms with Crippen molar-refractivity contribution in [3.63, 3.8) is 0 Å². The molecule has 0 amide bonds. The minimum absolute atomic E-state index is 1.17. The number of benzene rings is 2. The molecule has 0 bridgehead atoms. The maximum atomic E-state index is 9.16. The summed E-state index contributed by atoms with van der Waals surface area (Å²) in [6, 6.07) is 20.1. The predicted octanol–water partition coefficient (Wildman–Crippen LogP) is 5.37. The van der Waals surface area contributed by atoms with Gasteiger partial charge in [-0.1, -0.05) is 86.0 Å². The summed E-state index contributed by atoms with van der Waals surface area (Å²) in [4.78, 5) is 0. The van der Waals surface area contributed by atoms with E-state index in [0.29, 0.717) is 0 Å². The second kappa shape index (κ2) is 11.1. The number of hydrogen-bond donors (Lipinski definition) is 0. The van der Waals surface area contributed by atoms with E-state index in [1.807, 2.05) is 72.8 Å². The van der Waals surface area contributed by atoms with Crippen molar-refractivity contribution in [3.05, 3.63) is 84.9 Å². The second-order valence-electron chi connectivity index (χ2n) is 3.61. The van der Waals surface area contributed by atoms with E-state index in [2.05, 4.69) is 34.5 Å². The maximum absolute atomic E-state index is 9.16. The lowest BCUT2D eigenvalue weighted by molar-refractivity contribution is 0.621. The zero-order chi connectivity index (χ0) is 16.1. The fourth-order valence-electron chi connectivity index (χ4n) is 1.18. The highest BCUT2D eigenvalue weighted by Crippen LogP contribution is 1.99. The largest absolute Gasteiger partial charge is 0.317 e. The van der Waals surface area contributed by atoms with Crippen molar-refractivity contribution < 1.29 is 8.42 Å². The molecule has 112 valence electrons. The van der Waals surface area contributed by atoms with Crippen LogP contribution in [-0.2, 0) is 8.26 Å². The Morgan fingerprint density at radius 1 is 0.714 bits per heavy atom. The normalized spacial score (nSPS) is 9.24. The monoisotopic (exact) mass is 342 g/mol. The molecule has 0 spiro atoms. The van der Waals surface area contributed by atoms with E-state index in [0.717, 1.165) is 0 Å². The number of hydrogen-bond acceptors (Lipinski definition) is 2. The molecule has 2 nitrogen and oxygen atoms in total. The van der Waals surface area contributed by atoms with E-state index in [1.165, 1.54) is 11.1 Å². The van der Waals surface area contributed by atoms with Gasteiger partial charge in [0.25, 0.3) is 0 Å². The van der Waals surface area contributed by atoms with Crippen LogP contribution >= 0.6 is 21.4 Å². The Balaban J connectivity index is 0.000000296. The highest BCUT2D eigenvalue weighted by atomic mass is 36.0. The van der Waals surface area contributed by atoms with Crippen molar-refractivity contribution in [3.8, 4) is 0 Å². The van der Waals surface area contributed by atoms with E-state index in [1.54, 1.807) is 0 Å². The smallest absolute Gasteiger partial charge is 0.195 e. The first-order chi connectivity index (χ1) is 9.86. The molecule has 0 aliphatic heterocycles. The molecule has 2 aromatic rings. The lowest BCUT2D eigenvalue weighted by Crippen LogP contribution is -1.63. The van der Waals surface area contributed by atoms with E-state index in [-0.39, 0.29) is 0 Å². The molecule has 0 fully saturated rings. The van der Waals surface area contributed by atoms with Gasteiger partial charge in [-0.05, 0) is 11.1 Å². The van der Waals surface area contributed by atoms with Crippen LogP contribution in [0.15, 0.2) is 73.8 Å². The molecular weight excluding hydrogens is 327 g/mol. The van der Waals surface area contributed by atoms with E-state index >= 15 is 0 Å². The van der Waals surface area contributed by atoms with Crippen molar-refractivity contribution in [2.24, 2.45) is 0 Å². The van der Waals surface area contributed by atoms with Gasteiger partial charge in [-0.25, -0.2) is 0 Å². The average Bonchev–Trinajstić information content (AvgIpc) is 2.48. The number of rotatable bonds is 2. The molecule has 0 radical (unpaired) electrons. The van der Waals surface area contributed by atoms with Crippen molar-refractivity contribution in [2.75, 3.05) is 0 Å². The molecule has 2 rings (SSSR count). The summed E-state index contributed by atoms with van der Waals surface area (Å²) in [5, 5.41) is 0. The van der Waals surface area contributed by atoms with Crippen LogP contribution in [0.2, 0.25) is 0 Å². The molecule has 0 saturated carbocycles. The zero-order valence-corrected chi connectivity index (χ0v) is 13.7. The second-order valence-corrected chi connectivity index (χ2v) is 7.28. The van der Waals surface area contributed by atoms with Gasteiger partial charge in [-0.2, -0.15) is 8.42 Å². The Morgan fingerprint density at radius 2 is 0.952 bits per heavy atom. The van der Waals surface area contributed by atoms with E-state index < -0.39 is 8.26 Å². The molecule has 0 atom stereocenters. The quantitative estimate of drug-likeness (QED) is 0.687. The third-order valence-corrected chi connectivity index (χ3v) is 2.07. The van der Waals surface area contributed by atoms with Gasteiger partial charge >= 0.3 is 8.26 Å². The zero-order valence-electron chi connectivity index (χ0n) is 11.3. The fourth-order valence-corrected chi connectivity index (χ4v) is 1.18. The van der Waals surface area contributed by atoms with Crippen molar-refractivity contribution in [2.45, 2.75) is 0 Å². The van der Waals surface area contributed by atoms with Crippen LogP contribution < -0.4 is 0 Å². The fraction of sp³-hybridized carbons (Fsp3) is 0. The molecule has 0 saturated heterocycles. The summed E-state index contributed by atoms with van der Waals surface area (Å²) >= 11 is 0. The highest BCUT2D eigenvalue weighted by molar-refractivity contribution is 8.31. The van der Waals surface area contributed by atoms with Gasteiger partial charge in [0, 0.05) is 21.4 Å². The molecule has 0 heterocycles. The van der Waals surface area contributed by atoms with Crippen LogP contribution in [0.5, 0.6) is 0 Å². The lowest BCUT2D eigenvalue weighted by Gasteiger charge is -1.85. The van der Waals surface area contributed by atoms with Crippen LogP contribution in [0.4, 0.5) is 0 Å². The molecule has 21 heavy (non-hydrogen) atoms. The van der Waals surface area contributed by atoms with Crippen LogP contribution in [-0.4, -0.2) is 8.42 Å². The maximum Gasteiger partial charge on any atom is 0.317 e. The molecule has 0 N–H and O–H groups in total. The Kier molecular flexibility index (Phi) is 10.3. The van der Waals surface area contributed by atoms with Crippen molar-refractivity contribution >= 4 is 41.8 Å². The van der Waals surface area contributed by atoms with Crippen LogP contribution in [0, 0.1) is 0 Å². The third-order valence-electron chi connectivity index (χ3n) is 2.07. The minimum atomic E-state index is -3.72. The standard InChI is InChI=1S/2C8H8.Cl2O2S/c2*1-2-8-6-4-3-5-7-8;1-5(2,3)4/h2*2-7H,1H2;. The first-order valence-electron chi connectivity index (χ1n) is 5.86. The van der Waals surface area contributed by atoms with Crippen LogP contribution in [0.25, 0.3) is 12.2 Å². The van der Waals surface area contributed by atoms with Gasteiger partial charge in [0.1, 0.15) is 0 Å². The van der Waals surface area contributed by atoms with Gasteiger partial charge in [-0.15, -0.1) is 0 Å². The molecular formula is C16H16Cl2O2S. The summed E-state index contributed by atoms with van der Waals surface area (Å²) in [6.45, 7) is 7.26. The van der Waals surface area contributed by atoms with Gasteiger partial charge in [0.2, 0.25) is 0 Å². The highest BCUT2D eigenvalue weighted by Gasteiger charge is 1.88. The lowest BCUT2D eigenvalue weighted by atomic mass is 10.2. The van der Waals surface area contributed by atoms with Gasteiger partial charge < -0.3 is 0 Å². The predicted molar refractivity (Wildman–Crippen MR) is 93.7 cm³/mol. The Hall–Kier alpha value is -1.55. The van der Waals surface area contributed by atoms with Gasteiger partial charge in [0.05, 0.1) is 0 Å². The first kappa shape index (κ1) is 19.4.